The molecule has 14 heavy (non-hydrogen) atoms. The van der Waals surface area contributed by atoms with Gasteiger partial charge < -0.3 is 5.32 Å². The number of rotatable bonds is 3. The Morgan fingerprint density at radius 2 is 2.36 bits per heavy atom. The van der Waals surface area contributed by atoms with E-state index in [-0.39, 0.29) is 0 Å². The van der Waals surface area contributed by atoms with E-state index in [1.165, 1.54) is 19.3 Å². The fraction of sp³-hybridized carbons (Fsp3) is 0.545. The molecule has 0 unspecified atom stereocenters. The maximum atomic E-state index is 5.80. The summed E-state index contributed by atoms with van der Waals surface area (Å²) in [6.07, 6.45) is 5.83. The lowest BCUT2D eigenvalue weighted by atomic mass is 9.80. The summed E-state index contributed by atoms with van der Waals surface area (Å²) >= 11 is 5.80. The van der Waals surface area contributed by atoms with Gasteiger partial charge in [-0.25, -0.2) is 4.98 Å². The van der Waals surface area contributed by atoms with E-state index in [9.17, 15) is 0 Å². The number of anilines is 1. The van der Waals surface area contributed by atoms with E-state index in [0.29, 0.717) is 11.2 Å². The largest absolute Gasteiger partial charge is 0.382 e. The predicted octanol–water partition coefficient (Wildman–Crippen LogP) is 3.34. The van der Waals surface area contributed by atoms with Gasteiger partial charge >= 0.3 is 0 Å². The van der Waals surface area contributed by atoms with Crippen LogP contribution in [-0.4, -0.2) is 11.0 Å². The lowest BCUT2D eigenvalue weighted by Gasteiger charge is -2.32. The summed E-state index contributed by atoms with van der Waals surface area (Å²) in [5, 5.41) is 4.01. The Bertz CT molecular complexity index is 310. The van der Waals surface area contributed by atoms with E-state index in [2.05, 4.69) is 17.2 Å². The van der Waals surface area contributed by atoms with Crippen molar-refractivity contribution < 1.29 is 0 Å². The average molecular weight is 211 g/mol. The first-order valence-corrected chi connectivity index (χ1v) is 5.51. The number of nitrogens with one attached hydrogen (secondary N) is 1. The molecule has 1 aliphatic carbocycles. The highest BCUT2D eigenvalue weighted by Gasteiger charge is 2.23. The SMILES string of the molecule is C[C@@H](Nc1ccnc(Cl)c1)C1CCC1. The minimum Gasteiger partial charge on any atom is -0.382 e. The van der Waals surface area contributed by atoms with E-state index in [0.717, 1.165) is 11.6 Å². The minimum atomic E-state index is 0.544. The molecule has 2 nitrogen and oxygen atoms in total. The van der Waals surface area contributed by atoms with E-state index < -0.39 is 0 Å². The van der Waals surface area contributed by atoms with Gasteiger partial charge in [-0.1, -0.05) is 18.0 Å². The molecule has 3 heteroatoms. The lowest BCUT2D eigenvalue weighted by Crippen LogP contribution is -2.30. The molecule has 0 aromatic carbocycles. The third-order valence-corrected chi connectivity index (χ3v) is 3.18. The summed E-state index contributed by atoms with van der Waals surface area (Å²) in [4.78, 5) is 3.95. The number of hydrogen-bond acceptors (Lipinski definition) is 2. The second kappa shape index (κ2) is 4.18. The zero-order chi connectivity index (χ0) is 9.97. The van der Waals surface area contributed by atoms with Crippen LogP contribution in [0.4, 0.5) is 5.69 Å². The molecule has 1 aliphatic rings. The van der Waals surface area contributed by atoms with Crippen molar-refractivity contribution in [2.75, 3.05) is 5.32 Å². The molecule has 0 amide bonds. The van der Waals surface area contributed by atoms with Gasteiger partial charge in [-0.2, -0.15) is 0 Å². The average Bonchev–Trinajstić information content (AvgIpc) is 1.99. The highest BCUT2D eigenvalue weighted by molar-refractivity contribution is 6.29. The molecule has 0 saturated heterocycles. The monoisotopic (exact) mass is 210 g/mol. The Morgan fingerprint density at radius 3 is 2.93 bits per heavy atom. The zero-order valence-corrected chi connectivity index (χ0v) is 9.09. The molecule has 1 heterocycles. The molecule has 0 bridgehead atoms. The van der Waals surface area contributed by atoms with Crippen LogP contribution in [0.3, 0.4) is 0 Å². The van der Waals surface area contributed by atoms with Crippen molar-refractivity contribution in [3.8, 4) is 0 Å². The Hall–Kier alpha value is -0.760. The molecule has 0 aliphatic heterocycles. The first-order chi connectivity index (χ1) is 6.75. The summed E-state index contributed by atoms with van der Waals surface area (Å²) < 4.78 is 0. The quantitative estimate of drug-likeness (QED) is 0.775. The van der Waals surface area contributed by atoms with Gasteiger partial charge in [0.1, 0.15) is 5.15 Å². The van der Waals surface area contributed by atoms with Crippen LogP contribution in [-0.2, 0) is 0 Å². The topological polar surface area (TPSA) is 24.9 Å². The summed E-state index contributed by atoms with van der Waals surface area (Å²) in [5.74, 6) is 0.835. The van der Waals surface area contributed by atoms with E-state index >= 15 is 0 Å². The van der Waals surface area contributed by atoms with Crippen LogP contribution in [0.5, 0.6) is 0 Å². The summed E-state index contributed by atoms with van der Waals surface area (Å²) in [5.41, 5.74) is 1.07. The molecule has 1 aromatic heterocycles. The van der Waals surface area contributed by atoms with Gasteiger partial charge in [-0.05, 0) is 37.8 Å². The summed E-state index contributed by atoms with van der Waals surface area (Å²) in [7, 11) is 0. The molecular weight excluding hydrogens is 196 g/mol. The molecule has 1 aromatic rings. The molecular formula is C11H15ClN2. The van der Waals surface area contributed by atoms with Gasteiger partial charge in [0.05, 0.1) is 0 Å². The first-order valence-electron chi connectivity index (χ1n) is 5.14. The van der Waals surface area contributed by atoms with Crippen LogP contribution in [0.1, 0.15) is 26.2 Å². The van der Waals surface area contributed by atoms with Gasteiger partial charge in [-0.15, -0.1) is 0 Å². The van der Waals surface area contributed by atoms with Crippen molar-refractivity contribution in [2.24, 2.45) is 5.92 Å². The predicted molar refractivity (Wildman–Crippen MR) is 59.7 cm³/mol. The van der Waals surface area contributed by atoms with Crippen LogP contribution < -0.4 is 5.32 Å². The second-order valence-corrected chi connectivity index (χ2v) is 4.38. The molecule has 1 saturated carbocycles. The number of aromatic nitrogens is 1. The molecule has 1 N–H and O–H groups in total. The van der Waals surface area contributed by atoms with Crippen molar-refractivity contribution in [1.29, 1.82) is 0 Å². The molecule has 0 spiro atoms. The van der Waals surface area contributed by atoms with Gasteiger partial charge in [0.15, 0.2) is 0 Å². The van der Waals surface area contributed by atoms with Crippen LogP contribution in [0.2, 0.25) is 5.15 Å². The molecule has 0 radical (unpaired) electrons. The number of hydrogen-bond donors (Lipinski definition) is 1. The molecule has 76 valence electrons. The van der Waals surface area contributed by atoms with Crippen molar-refractivity contribution in [1.82, 2.24) is 4.98 Å². The van der Waals surface area contributed by atoms with Gasteiger partial charge in [0, 0.05) is 17.9 Å². The Balaban J connectivity index is 1.95. The van der Waals surface area contributed by atoms with Crippen LogP contribution >= 0.6 is 11.6 Å². The van der Waals surface area contributed by atoms with Crippen LogP contribution in [0.15, 0.2) is 18.3 Å². The number of pyridine rings is 1. The van der Waals surface area contributed by atoms with Crippen molar-refractivity contribution in [3.05, 3.63) is 23.5 Å². The van der Waals surface area contributed by atoms with E-state index in [4.69, 9.17) is 11.6 Å². The summed E-state index contributed by atoms with van der Waals surface area (Å²) in [6.45, 7) is 2.23. The lowest BCUT2D eigenvalue weighted by molar-refractivity contribution is 0.285. The third-order valence-electron chi connectivity index (χ3n) is 2.98. The standard InChI is InChI=1S/C11H15ClN2/c1-8(9-3-2-4-9)14-10-5-6-13-11(12)7-10/h5-9H,2-4H2,1H3,(H,13,14)/t8-/m1/s1. The van der Waals surface area contributed by atoms with Crippen molar-refractivity contribution >= 4 is 17.3 Å². The number of halogens is 1. The van der Waals surface area contributed by atoms with Crippen LogP contribution in [0, 0.1) is 5.92 Å². The molecule has 1 fully saturated rings. The number of nitrogens with zero attached hydrogens (tertiary/aromatic N) is 1. The fourth-order valence-corrected chi connectivity index (χ4v) is 1.99. The summed E-state index contributed by atoms with van der Waals surface area (Å²) in [6, 6.07) is 4.37. The van der Waals surface area contributed by atoms with Gasteiger partial charge in [0.25, 0.3) is 0 Å². The Kier molecular flexibility index (Phi) is 2.92. The van der Waals surface area contributed by atoms with Gasteiger partial charge in [-0.3, -0.25) is 0 Å². The smallest absolute Gasteiger partial charge is 0.131 e. The fourth-order valence-electron chi connectivity index (χ4n) is 1.81. The second-order valence-electron chi connectivity index (χ2n) is 3.99. The highest BCUT2D eigenvalue weighted by atomic mass is 35.5. The zero-order valence-electron chi connectivity index (χ0n) is 8.33. The Morgan fingerprint density at radius 1 is 1.57 bits per heavy atom. The van der Waals surface area contributed by atoms with Crippen molar-refractivity contribution in [3.63, 3.8) is 0 Å². The maximum Gasteiger partial charge on any atom is 0.131 e. The van der Waals surface area contributed by atoms with Crippen LogP contribution in [0.25, 0.3) is 0 Å². The highest BCUT2D eigenvalue weighted by Crippen LogP contribution is 2.31. The molecule has 1 atom stereocenters. The van der Waals surface area contributed by atoms with Crippen molar-refractivity contribution in [2.45, 2.75) is 32.2 Å². The first kappa shape index (κ1) is 9.78. The Labute approximate surface area is 89.7 Å². The molecule has 2 rings (SSSR count). The van der Waals surface area contributed by atoms with E-state index in [1.807, 2.05) is 12.1 Å². The minimum absolute atomic E-state index is 0.544. The van der Waals surface area contributed by atoms with E-state index in [1.54, 1.807) is 6.20 Å². The maximum absolute atomic E-state index is 5.80. The van der Waals surface area contributed by atoms with Gasteiger partial charge in [0.2, 0.25) is 0 Å². The normalized spacial score (nSPS) is 18.7. The third kappa shape index (κ3) is 2.18.